The highest BCUT2D eigenvalue weighted by atomic mass is 19.1. The van der Waals surface area contributed by atoms with Gasteiger partial charge in [-0.05, 0) is 26.3 Å². The standard InChI is InChI=1S/C15H23FN2O/c1-4-5-10-17-15(19)12(3)18-11(2)13-8-6-7-9-14(13)16/h6-9,11-12,18H,4-5,10H2,1-3H3,(H,17,19). The van der Waals surface area contributed by atoms with Crippen LogP contribution in [0.3, 0.4) is 0 Å². The molecule has 0 heterocycles. The van der Waals surface area contributed by atoms with Crippen molar-refractivity contribution in [3.05, 3.63) is 35.6 Å². The molecule has 0 radical (unpaired) electrons. The summed E-state index contributed by atoms with van der Waals surface area (Å²) in [6.07, 6.45) is 2.02. The van der Waals surface area contributed by atoms with Crippen LogP contribution in [0.15, 0.2) is 24.3 Å². The third-order valence-corrected chi connectivity index (χ3v) is 3.09. The molecule has 1 aromatic rings. The molecule has 0 spiro atoms. The van der Waals surface area contributed by atoms with Crippen LogP contribution in [0.25, 0.3) is 0 Å². The predicted octanol–water partition coefficient (Wildman–Crippen LogP) is 2.78. The van der Waals surface area contributed by atoms with Crippen molar-refractivity contribution in [2.45, 2.75) is 45.7 Å². The molecule has 0 aliphatic rings. The molecule has 2 atom stereocenters. The molecule has 0 aromatic heterocycles. The van der Waals surface area contributed by atoms with Crippen molar-refractivity contribution < 1.29 is 9.18 Å². The van der Waals surface area contributed by atoms with Gasteiger partial charge in [0.05, 0.1) is 6.04 Å². The van der Waals surface area contributed by atoms with Crippen molar-refractivity contribution in [3.8, 4) is 0 Å². The Morgan fingerprint density at radius 3 is 2.63 bits per heavy atom. The monoisotopic (exact) mass is 266 g/mol. The van der Waals surface area contributed by atoms with Crippen LogP contribution >= 0.6 is 0 Å². The van der Waals surface area contributed by atoms with Gasteiger partial charge < -0.3 is 5.32 Å². The zero-order chi connectivity index (χ0) is 14.3. The van der Waals surface area contributed by atoms with Crippen LogP contribution in [-0.2, 0) is 4.79 Å². The quantitative estimate of drug-likeness (QED) is 0.745. The Balaban J connectivity index is 2.50. The molecule has 4 heteroatoms. The number of nitrogens with one attached hydrogen (secondary N) is 2. The van der Waals surface area contributed by atoms with Crippen molar-refractivity contribution in [2.24, 2.45) is 0 Å². The Morgan fingerprint density at radius 1 is 1.32 bits per heavy atom. The van der Waals surface area contributed by atoms with Gasteiger partial charge in [-0.2, -0.15) is 0 Å². The molecule has 1 amide bonds. The Bertz CT molecular complexity index is 409. The van der Waals surface area contributed by atoms with E-state index in [2.05, 4.69) is 17.6 Å². The van der Waals surface area contributed by atoms with E-state index in [9.17, 15) is 9.18 Å². The topological polar surface area (TPSA) is 41.1 Å². The van der Waals surface area contributed by atoms with E-state index in [4.69, 9.17) is 0 Å². The van der Waals surface area contributed by atoms with Crippen LogP contribution in [0.2, 0.25) is 0 Å². The van der Waals surface area contributed by atoms with Gasteiger partial charge >= 0.3 is 0 Å². The molecule has 1 aromatic carbocycles. The van der Waals surface area contributed by atoms with E-state index < -0.39 is 0 Å². The van der Waals surface area contributed by atoms with E-state index >= 15 is 0 Å². The highest BCUT2D eigenvalue weighted by Gasteiger charge is 2.17. The Labute approximate surface area is 114 Å². The number of halogens is 1. The van der Waals surface area contributed by atoms with Crippen LogP contribution in [0, 0.1) is 5.82 Å². The molecule has 3 nitrogen and oxygen atoms in total. The first-order chi connectivity index (χ1) is 9.06. The minimum Gasteiger partial charge on any atom is -0.355 e. The van der Waals surface area contributed by atoms with Crippen molar-refractivity contribution in [2.75, 3.05) is 6.54 Å². The van der Waals surface area contributed by atoms with Gasteiger partial charge in [-0.1, -0.05) is 31.5 Å². The number of hydrogen-bond acceptors (Lipinski definition) is 2. The second-order valence-electron chi connectivity index (χ2n) is 4.78. The largest absolute Gasteiger partial charge is 0.355 e. The van der Waals surface area contributed by atoms with E-state index in [1.165, 1.54) is 6.07 Å². The molecule has 0 fully saturated rings. The smallest absolute Gasteiger partial charge is 0.236 e. The number of amides is 1. The zero-order valence-corrected chi connectivity index (χ0v) is 11.9. The van der Waals surface area contributed by atoms with Crippen LogP contribution in [-0.4, -0.2) is 18.5 Å². The molecule has 0 saturated heterocycles. The second-order valence-corrected chi connectivity index (χ2v) is 4.78. The minimum absolute atomic E-state index is 0.0448. The first kappa shape index (κ1) is 15.6. The number of benzene rings is 1. The van der Waals surface area contributed by atoms with Gasteiger partial charge in [0.25, 0.3) is 0 Å². The molecule has 2 N–H and O–H groups in total. The van der Waals surface area contributed by atoms with E-state index in [0.717, 1.165) is 12.8 Å². The van der Waals surface area contributed by atoms with Gasteiger partial charge in [0.1, 0.15) is 5.82 Å². The molecule has 0 saturated carbocycles. The normalized spacial score (nSPS) is 13.9. The zero-order valence-electron chi connectivity index (χ0n) is 11.9. The molecule has 2 unspecified atom stereocenters. The van der Waals surface area contributed by atoms with Crippen molar-refractivity contribution >= 4 is 5.91 Å². The van der Waals surface area contributed by atoms with Gasteiger partial charge in [-0.25, -0.2) is 4.39 Å². The summed E-state index contributed by atoms with van der Waals surface area (Å²) in [5, 5.41) is 5.97. The molecular formula is C15H23FN2O. The summed E-state index contributed by atoms with van der Waals surface area (Å²) < 4.78 is 13.6. The number of rotatable bonds is 7. The Kier molecular flexibility index (Phi) is 6.50. The first-order valence-corrected chi connectivity index (χ1v) is 6.84. The maximum Gasteiger partial charge on any atom is 0.236 e. The summed E-state index contributed by atoms with van der Waals surface area (Å²) in [6.45, 7) is 6.41. The molecule has 19 heavy (non-hydrogen) atoms. The fraction of sp³-hybridized carbons (Fsp3) is 0.533. The highest BCUT2D eigenvalue weighted by molar-refractivity contribution is 5.81. The van der Waals surface area contributed by atoms with Gasteiger partial charge in [-0.3, -0.25) is 10.1 Å². The molecule has 0 bridgehead atoms. The van der Waals surface area contributed by atoms with Crippen LogP contribution < -0.4 is 10.6 Å². The van der Waals surface area contributed by atoms with Crippen LogP contribution in [0.4, 0.5) is 4.39 Å². The summed E-state index contributed by atoms with van der Waals surface area (Å²) in [5.74, 6) is -0.294. The average Bonchev–Trinajstić information content (AvgIpc) is 2.39. The third-order valence-electron chi connectivity index (χ3n) is 3.09. The average molecular weight is 266 g/mol. The van der Waals surface area contributed by atoms with E-state index in [-0.39, 0.29) is 23.8 Å². The molecular weight excluding hydrogens is 243 g/mol. The summed E-state index contributed by atoms with van der Waals surface area (Å²) in [6, 6.07) is 6.07. The van der Waals surface area contributed by atoms with Gasteiger partial charge in [0.15, 0.2) is 0 Å². The van der Waals surface area contributed by atoms with Gasteiger partial charge in [0, 0.05) is 18.2 Å². The van der Waals surface area contributed by atoms with E-state index in [0.29, 0.717) is 12.1 Å². The van der Waals surface area contributed by atoms with Gasteiger partial charge in [-0.15, -0.1) is 0 Å². The lowest BCUT2D eigenvalue weighted by Gasteiger charge is -2.20. The first-order valence-electron chi connectivity index (χ1n) is 6.84. The molecule has 106 valence electrons. The molecule has 0 aliphatic carbocycles. The highest BCUT2D eigenvalue weighted by Crippen LogP contribution is 2.16. The maximum absolute atomic E-state index is 13.6. The number of unbranched alkanes of at least 4 members (excludes halogenated alkanes) is 1. The molecule has 0 aliphatic heterocycles. The summed E-state index contributed by atoms with van der Waals surface area (Å²) >= 11 is 0. The number of carbonyl (C=O) groups is 1. The number of hydrogen-bond donors (Lipinski definition) is 2. The Hall–Kier alpha value is -1.42. The van der Waals surface area contributed by atoms with Crippen molar-refractivity contribution in [1.82, 2.24) is 10.6 Å². The predicted molar refractivity (Wildman–Crippen MR) is 75.3 cm³/mol. The number of carbonyl (C=O) groups excluding carboxylic acids is 1. The fourth-order valence-corrected chi connectivity index (χ4v) is 1.91. The fourth-order valence-electron chi connectivity index (χ4n) is 1.91. The lowest BCUT2D eigenvalue weighted by atomic mass is 10.1. The lowest BCUT2D eigenvalue weighted by Crippen LogP contribution is -2.43. The maximum atomic E-state index is 13.6. The lowest BCUT2D eigenvalue weighted by molar-refractivity contribution is -0.122. The van der Waals surface area contributed by atoms with Crippen molar-refractivity contribution in [3.63, 3.8) is 0 Å². The van der Waals surface area contributed by atoms with Crippen molar-refractivity contribution in [1.29, 1.82) is 0 Å². The summed E-state index contributed by atoms with van der Waals surface area (Å²) in [7, 11) is 0. The Morgan fingerprint density at radius 2 is 2.00 bits per heavy atom. The van der Waals surface area contributed by atoms with E-state index in [1.54, 1.807) is 25.1 Å². The van der Waals surface area contributed by atoms with Crippen LogP contribution in [0.1, 0.15) is 45.2 Å². The third kappa shape index (κ3) is 4.99. The van der Waals surface area contributed by atoms with Gasteiger partial charge in [0.2, 0.25) is 5.91 Å². The van der Waals surface area contributed by atoms with E-state index in [1.807, 2.05) is 6.92 Å². The minimum atomic E-state index is -0.341. The second kappa shape index (κ2) is 7.89. The summed E-state index contributed by atoms with van der Waals surface area (Å²) in [4.78, 5) is 11.8. The SMILES string of the molecule is CCCCNC(=O)C(C)NC(C)c1ccccc1F. The molecule has 1 rings (SSSR count). The summed E-state index contributed by atoms with van der Waals surface area (Å²) in [5.41, 5.74) is 0.579. The van der Waals surface area contributed by atoms with Crippen LogP contribution in [0.5, 0.6) is 0 Å².